The summed E-state index contributed by atoms with van der Waals surface area (Å²) in [5.74, 6) is 3.66. The summed E-state index contributed by atoms with van der Waals surface area (Å²) in [6, 6.07) is 126. The molecule has 0 bridgehead atoms. The van der Waals surface area contributed by atoms with E-state index in [1.807, 2.05) is 158 Å². The number of benzene rings is 16. The van der Waals surface area contributed by atoms with E-state index in [4.69, 9.17) is 34.3 Å². The van der Waals surface area contributed by atoms with E-state index < -0.39 is 0 Å². The highest BCUT2D eigenvalue weighted by atomic mass is 16.3. The minimum absolute atomic E-state index is 0.572. The summed E-state index contributed by atoms with van der Waals surface area (Å²) in [4.78, 5) is 29.8. The molecule has 3 aromatic heterocycles. The van der Waals surface area contributed by atoms with E-state index in [0.717, 1.165) is 122 Å². The Bertz CT molecular complexity index is 6860. The van der Waals surface area contributed by atoms with Crippen LogP contribution in [-0.2, 0) is 0 Å². The lowest BCUT2D eigenvalue weighted by atomic mass is 9.87. The second-order valence-electron chi connectivity index (χ2n) is 27.3. The lowest BCUT2D eigenvalue weighted by molar-refractivity contribution is 0.669. The topological polar surface area (TPSA) is 138 Å². The average molecular weight is 1390 g/mol. The molecule has 21 rings (SSSR count). The number of nitriles is 2. The zero-order chi connectivity index (χ0) is 72.5. The van der Waals surface area contributed by atoms with Gasteiger partial charge in [-0.25, -0.2) is 29.9 Å². The van der Waals surface area contributed by atoms with E-state index in [1.54, 1.807) is 0 Å². The first-order valence-corrected chi connectivity index (χ1v) is 36.3. The van der Waals surface area contributed by atoms with E-state index in [9.17, 15) is 10.5 Å². The number of fused-ring (bicyclic) bond motifs is 9. The fourth-order valence-corrected chi connectivity index (χ4v) is 16.0. The Morgan fingerprint density at radius 2 is 0.468 bits per heavy atom. The highest BCUT2D eigenvalue weighted by Gasteiger charge is 2.28. The highest BCUT2D eigenvalue weighted by molar-refractivity contribution is 6.24. The Hall–Kier alpha value is -15.2. The molecule has 19 aromatic rings. The summed E-state index contributed by atoms with van der Waals surface area (Å²) in [5.41, 5.74) is 28.8. The van der Waals surface area contributed by atoms with Crippen molar-refractivity contribution >= 4 is 43.5 Å². The Labute approximate surface area is 628 Å². The summed E-state index contributed by atoms with van der Waals surface area (Å²) in [6.07, 6.45) is 0. The van der Waals surface area contributed by atoms with Crippen molar-refractivity contribution in [1.82, 2.24) is 29.9 Å². The molecule has 16 aromatic carbocycles. The van der Waals surface area contributed by atoms with Crippen molar-refractivity contribution in [2.75, 3.05) is 0 Å². The van der Waals surface area contributed by atoms with E-state index >= 15 is 0 Å². The van der Waals surface area contributed by atoms with Crippen LogP contribution in [0, 0.1) is 22.7 Å². The van der Waals surface area contributed by atoms with Gasteiger partial charge in [-0.15, -0.1) is 0 Å². The molecule has 0 radical (unpaired) electrons. The average Bonchev–Trinajstić information content (AvgIpc) is 1.58. The molecule has 504 valence electrons. The van der Waals surface area contributed by atoms with Crippen molar-refractivity contribution in [3.63, 3.8) is 0 Å². The fourth-order valence-electron chi connectivity index (χ4n) is 16.0. The second kappa shape index (κ2) is 26.5. The van der Waals surface area contributed by atoms with Gasteiger partial charge in [-0.3, -0.25) is 0 Å². The third-order valence-corrected chi connectivity index (χ3v) is 21.1. The molecule has 0 N–H and O–H groups in total. The van der Waals surface area contributed by atoms with Crippen LogP contribution in [0.5, 0.6) is 0 Å². The molecule has 0 aliphatic heterocycles. The fraction of sp³-hybridized carbons (Fsp3) is 0. The van der Waals surface area contributed by atoms with Crippen molar-refractivity contribution in [3.05, 3.63) is 363 Å². The van der Waals surface area contributed by atoms with Gasteiger partial charge in [0.25, 0.3) is 0 Å². The van der Waals surface area contributed by atoms with Crippen LogP contribution in [0.2, 0.25) is 0 Å². The van der Waals surface area contributed by atoms with Crippen molar-refractivity contribution < 1.29 is 4.42 Å². The Morgan fingerprint density at radius 1 is 0.183 bits per heavy atom. The Balaban J connectivity index is 0.000000143. The number of para-hydroxylation sites is 1. The number of aromatic nitrogens is 6. The van der Waals surface area contributed by atoms with Crippen molar-refractivity contribution in [3.8, 4) is 181 Å². The van der Waals surface area contributed by atoms with E-state index in [1.165, 1.54) is 55.3 Å². The molecule has 2 aliphatic rings. The molecule has 0 saturated carbocycles. The molecule has 0 atom stereocenters. The molecular weight excluding hydrogens is 1330 g/mol. The zero-order valence-corrected chi connectivity index (χ0v) is 58.5. The largest absolute Gasteiger partial charge is 0.456 e. The Morgan fingerprint density at radius 3 is 0.899 bits per heavy atom. The first kappa shape index (κ1) is 63.5. The summed E-state index contributed by atoms with van der Waals surface area (Å²) in [5, 5.41) is 27.1. The number of hydrogen-bond donors (Lipinski definition) is 0. The van der Waals surface area contributed by atoms with Gasteiger partial charge in [0.15, 0.2) is 34.9 Å². The van der Waals surface area contributed by atoms with Crippen LogP contribution in [0.15, 0.2) is 356 Å². The minimum atomic E-state index is 0.572. The van der Waals surface area contributed by atoms with Gasteiger partial charge >= 0.3 is 0 Å². The van der Waals surface area contributed by atoms with Gasteiger partial charge in [0.1, 0.15) is 11.2 Å². The SMILES string of the molecule is N#Cc1ccccc1-c1ccc2c3c(ccc(-c4ccc(-c5cccc(-c6nc(-c7ccccc7)nc(-c7ccccc7)n6)c5)cc4)c13)-c1ccccc1-2.N#Cc1ccccc1-c1ccc2c3c(ccc(-c4ccc(-c5nc(-c6ccccc6)nc(-c6ccc7c(c6)oc6ccccc67)n5)cc4)c13)-c1ccccc1-2. The third kappa shape index (κ3) is 11.1. The summed E-state index contributed by atoms with van der Waals surface area (Å²) >= 11 is 0. The predicted molar refractivity (Wildman–Crippen MR) is 440 cm³/mol. The third-order valence-electron chi connectivity index (χ3n) is 21.1. The van der Waals surface area contributed by atoms with E-state index in [2.05, 4.69) is 206 Å². The zero-order valence-electron chi connectivity index (χ0n) is 58.5. The van der Waals surface area contributed by atoms with Crippen LogP contribution >= 0.6 is 0 Å². The van der Waals surface area contributed by atoms with Gasteiger partial charge in [-0.1, -0.05) is 315 Å². The van der Waals surface area contributed by atoms with Crippen LogP contribution < -0.4 is 0 Å². The standard InChI is InChI=1S/C50H28N4O.C50H30N4/c51-29-34-12-4-5-13-35(34)41-26-27-43-38-15-7-6-14-37(38)42-25-24-36(46(41)47(42)43)30-18-20-32(21-19-30)49-52-48(31-10-2-1-3-11-31)53-50(54-49)33-22-23-40-39-16-8-9-17-44(39)55-45(40)28-33;51-31-38-16-7-8-19-39(38)43-28-29-45-42-21-10-9-20-41(42)44-27-26-40(46(43)47(44)45)33-24-22-32(23-25-33)36-17-11-18-37(30-36)50-53-48(34-12-3-1-4-13-34)52-49(54-50)35-14-5-2-6-15-35/h1-28H;1-30H. The summed E-state index contributed by atoms with van der Waals surface area (Å²) in [6.45, 7) is 0. The summed E-state index contributed by atoms with van der Waals surface area (Å²) < 4.78 is 6.23. The molecule has 109 heavy (non-hydrogen) atoms. The highest BCUT2D eigenvalue weighted by Crippen LogP contribution is 2.54. The molecule has 3 heterocycles. The molecule has 9 heteroatoms. The first-order chi connectivity index (χ1) is 53.9. The Kier molecular flexibility index (Phi) is 15.5. The van der Waals surface area contributed by atoms with Crippen molar-refractivity contribution in [2.45, 2.75) is 0 Å². The van der Waals surface area contributed by atoms with Gasteiger partial charge in [-0.05, 0) is 147 Å². The van der Waals surface area contributed by atoms with E-state index in [-0.39, 0.29) is 0 Å². The normalized spacial score (nSPS) is 11.5. The predicted octanol–water partition coefficient (Wildman–Crippen LogP) is 25.3. The van der Waals surface area contributed by atoms with Crippen LogP contribution in [0.1, 0.15) is 11.1 Å². The molecule has 0 saturated heterocycles. The van der Waals surface area contributed by atoms with Gasteiger partial charge < -0.3 is 4.42 Å². The molecule has 0 unspecified atom stereocenters. The molecule has 0 fully saturated rings. The smallest absolute Gasteiger partial charge is 0.164 e. The quantitative estimate of drug-likeness (QED) is 0.124. The molecular formula is C100H58N8O. The lowest BCUT2D eigenvalue weighted by Crippen LogP contribution is -2.00. The van der Waals surface area contributed by atoms with Crippen LogP contribution in [-0.4, -0.2) is 29.9 Å². The van der Waals surface area contributed by atoms with Crippen LogP contribution in [0.3, 0.4) is 0 Å². The molecule has 0 spiro atoms. The number of rotatable bonds is 11. The maximum absolute atomic E-state index is 10.1. The van der Waals surface area contributed by atoms with Crippen molar-refractivity contribution in [1.29, 1.82) is 10.5 Å². The molecule has 2 aliphatic carbocycles. The maximum atomic E-state index is 10.1. The van der Waals surface area contributed by atoms with Crippen LogP contribution in [0.4, 0.5) is 0 Å². The maximum Gasteiger partial charge on any atom is 0.164 e. The van der Waals surface area contributed by atoms with E-state index in [0.29, 0.717) is 46.1 Å². The summed E-state index contributed by atoms with van der Waals surface area (Å²) in [7, 11) is 0. The van der Waals surface area contributed by atoms with Gasteiger partial charge in [-0.2, -0.15) is 10.5 Å². The number of nitrogens with zero attached hydrogens (tertiary/aromatic N) is 8. The monoisotopic (exact) mass is 1390 g/mol. The first-order valence-electron chi connectivity index (χ1n) is 36.3. The minimum Gasteiger partial charge on any atom is -0.456 e. The van der Waals surface area contributed by atoms with Gasteiger partial charge in [0, 0.05) is 55.3 Å². The number of furan rings is 1. The van der Waals surface area contributed by atoms with Crippen molar-refractivity contribution in [2.24, 2.45) is 0 Å². The van der Waals surface area contributed by atoms with Gasteiger partial charge in [0.2, 0.25) is 0 Å². The molecule has 0 amide bonds. The number of hydrogen-bond acceptors (Lipinski definition) is 9. The second-order valence-corrected chi connectivity index (χ2v) is 27.3. The van der Waals surface area contributed by atoms with Gasteiger partial charge in [0.05, 0.1) is 23.3 Å². The van der Waals surface area contributed by atoms with Crippen LogP contribution in [0.25, 0.3) is 212 Å². The molecule has 9 nitrogen and oxygen atoms in total. The lowest BCUT2D eigenvalue weighted by Gasteiger charge is -2.16.